The van der Waals surface area contributed by atoms with Crippen LogP contribution in [0.1, 0.15) is 0 Å². The maximum atomic E-state index is 12.5. The lowest BCUT2D eigenvalue weighted by Gasteiger charge is -2.31. The molecule has 0 aliphatic carbocycles. The van der Waals surface area contributed by atoms with Gasteiger partial charge in [-0.1, -0.05) is 6.07 Å². The van der Waals surface area contributed by atoms with E-state index in [1.807, 2.05) is 0 Å². The van der Waals surface area contributed by atoms with Crippen molar-refractivity contribution in [1.82, 2.24) is 5.43 Å². The van der Waals surface area contributed by atoms with E-state index in [9.17, 15) is 18.0 Å². The van der Waals surface area contributed by atoms with E-state index in [1.54, 1.807) is 6.07 Å². The van der Waals surface area contributed by atoms with Gasteiger partial charge in [-0.2, -0.15) is 13.2 Å². The summed E-state index contributed by atoms with van der Waals surface area (Å²) in [5.41, 5.74) is 2.69. The molecule has 1 N–H and O–H groups in total. The summed E-state index contributed by atoms with van der Waals surface area (Å²) in [4.78, 5) is 12.1. The molecule has 0 fully saturated rings. The van der Waals surface area contributed by atoms with E-state index < -0.39 is 24.8 Å². The molecule has 0 saturated heterocycles. The lowest BCUT2D eigenvalue weighted by atomic mass is 10.2. The van der Waals surface area contributed by atoms with Crippen LogP contribution in [-0.2, 0) is 14.3 Å². The first-order valence-electron chi connectivity index (χ1n) is 6.63. The van der Waals surface area contributed by atoms with Gasteiger partial charge in [0.05, 0.1) is 17.8 Å². The van der Waals surface area contributed by atoms with Gasteiger partial charge in [-0.05, 0) is 28.1 Å². The van der Waals surface area contributed by atoms with Crippen molar-refractivity contribution in [3.05, 3.63) is 34.6 Å². The van der Waals surface area contributed by atoms with Crippen LogP contribution in [0.3, 0.4) is 0 Å². The monoisotopic (exact) mass is 410 g/mol. The molecule has 0 bridgehead atoms. The van der Waals surface area contributed by atoms with E-state index >= 15 is 0 Å². The number of nitrogens with zero attached hydrogens (tertiary/aromatic N) is 1. The average Bonchev–Trinajstić information content (AvgIpc) is 2.51. The number of methoxy groups -OCH3 is 2. The lowest BCUT2D eigenvalue weighted by Crippen LogP contribution is -2.50. The Balaban J connectivity index is 2.38. The van der Waals surface area contributed by atoms with Crippen LogP contribution >= 0.6 is 15.9 Å². The predicted octanol–water partition coefficient (Wildman–Crippen LogP) is 2.74. The van der Waals surface area contributed by atoms with Gasteiger partial charge in [0.25, 0.3) is 5.91 Å². The number of ether oxygens (including phenoxy) is 3. The summed E-state index contributed by atoms with van der Waals surface area (Å²) in [6.45, 7) is -1.47. The molecule has 1 amide bonds. The summed E-state index contributed by atoms with van der Waals surface area (Å²) in [5.74, 6) is -0.403. The maximum absolute atomic E-state index is 12.5. The van der Waals surface area contributed by atoms with Crippen LogP contribution in [0.15, 0.2) is 34.6 Å². The fraction of sp³-hybridized carbons (Fsp3) is 0.357. The van der Waals surface area contributed by atoms with Crippen molar-refractivity contribution in [3.8, 4) is 5.75 Å². The van der Waals surface area contributed by atoms with Crippen LogP contribution in [-0.4, -0.2) is 39.0 Å². The first-order chi connectivity index (χ1) is 11.3. The number of rotatable bonds is 5. The lowest BCUT2D eigenvalue weighted by molar-refractivity contribution is -0.153. The first kappa shape index (κ1) is 18.4. The SMILES string of the molecule is COC1=CN(c2cccc(Br)c2OCC(F)(F)F)NC(=O)C1OC. The molecule has 10 heteroatoms. The quantitative estimate of drug-likeness (QED) is 0.808. The van der Waals surface area contributed by atoms with Gasteiger partial charge >= 0.3 is 6.18 Å². The van der Waals surface area contributed by atoms with Gasteiger partial charge in [-0.25, -0.2) is 0 Å². The van der Waals surface area contributed by atoms with Crippen LogP contribution < -0.4 is 15.2 Å². The number of hydrogen-bond acceptors (Lipinski definition) is 5. The van der Waals surface area contributed by atoms with Gasteiger partial charge in [0.15, 0.2) is 24.2 Å². The average molecular weight is 411 g/mol. The molecule has 1 atom stereocenters. The van der Waals surface area contributed by atoms with Crippen LogP contribution in [0.4, 0.5) is 18.9 Å². The largest absolute Gasteiger partial charge is 0.496 e. The number of carbonyl (C=O) groups is 1. The number of carbonyl (C=O) groups excluding carboxylic acids is 1. The molecule has 0 radical (unpaired) electrons. The minimum atomic E-state index is -4.49. The molecular formula is C14H14BrF3N2O4. The van der Waals surface area contributed by atoms with Crippen LogP contribution in [0, 0.1) is 0 Å². The summed E-state index contributed by atoms with van der Waals surface area (Å²) in [6, 6.07) is 4.61. The van der Waals surface area contributed by atoms with E-state index in [2.05, 4.69) is 21.4 Å². The molecule has 2 rings (SSSR count). The zero-order valence-corrected chi connectivity index (χ0v) is 14.3. The third-order valence-electron chi connectivity index (χ3n) is 3.04. The molecule has 132 valence electrons. The Bertz CT molecular complexity index is 651. The third-order valence-corrected chi connectivity index (χ3v) is 3.67. The third kappa shape index (κ3) is 4.12. The number of nitrogens with one attached hydrogen (secondary N) is 1. The van der Waals surface area contributed by atoms with Crippen molar-refractivity contribution < 1.29 is 32.2 Å². The van der Waals surface area contributed by atoms with Gasteiger partial charge in [0.2, 0.25) is 0 Å². The molecule has 0 aromatic heterocycles. The molecule has 6 nitrogen and oxygen atoms in total. The second kappa shape index (κ2) is 7.31. The highest BCUT2D eigenvalue weighted by Gasteiger charge is 2.33. The topological polar surface area (TPSA) is 60.0 Å². The van der Waals surface area contributed by atoms with Gasteiger partial charge in [-0.15, -0.1) is 0 Å². The van der Waals surface area contributed by atoms with Crippen LogP contribution in [0.2, 0.25) is 0 Å². The van der Waals surface area contributed by atoms with E-state index in [4.69, 9.17) is 14.2 Å². The number of alkyl halides is 3. The van der Waals surface area contributed by atoms with Gasteiger partial charge < -0.3 is 14.2 Å². The molecular weight excluding hydrogens is 397 g/mol. The number of anilines is 1. The number of hydrazine groups is 1. The minimum Gasteiger partial charge on any atom is -0.496 e. The number of amides is 1. The Morgan fingerprint density at radius 2 is 2.04 bits per heavy atom. The number of benzene rings is 1. The van der Waals surface area contributed by atoms with Crippen molar-refractivity contribution >= 4 is 27.5 Å². The Labute approximate surface area is 144 Å². The minimum absolute atomic E-state index is 0.0716. The summed E-state index contributed by atoms with van der Waals surface area (Å²) in [7, 11) is 2.69. The first-order valence-corrected chi connectivity index (χ1v) is 7.42. The van der Waals surface area contributed by atoms with Crippen molar-refractivity contribution in [2.45, 2.75) is 12.3 Å². The van der Waals surface area contributed by atoms with Crippen LogP contribution in [0.5, 0.6) is 5.75 Å². The molecule has 1 unspecified atom stereocenters. The summed E-state index contributed by atoms with van der Waals surface area (Å²) >= 11 is 3.15. The van der Waals surface area contributed by atoms with E-state index in [-0.39, 0.29) is 17.2 Å². The Hall–Kier alpha value is -1.94. The van der Waals surface area contributed by atoms with E-state index in [0.29, 0.717) is 4.47 Å². The molecule has 1 aromatic rings. The van der Waals surface area contributed by atoms with Gasteiger partial charge in [0, 0.05) is 7.11 Å². The molecule has 24 heavy (non-hydrogen) atoms. The highest BCUT2D eigenvalue weighted by Crippen LogP contribution is 2.37. The second-order valence-corrected chi connectivity index (χ2v) is 5.54. The molecule has 1 aliphatic rings. The van der Waals surface area contributed by atoms with Crippen molar-refractivity contribution in [2.24, 2.45) is 0 Å². The molecule has 1 aliphatic heterocycles. The number of hydrogen-bond donors (Lipinski definition) is 1. The van der Waals surface area contributed by atoms with Gasteiger partial charge in [-0.3, -0.25) is 15.2 Å². The summed E-state index contributed by atoms with van der Waals surface area (Å²) in [6.07, 6.45) is -4.04. The zero-order valence-electron chi connectivity index (χ0n) is 12.7. The van der Waals surface area contributed by atoms with Crippen LogP contribution in [0.25, 0.3) is 0 Å². The Morgan fingerprint density at radius 3 is 2.62 bits per heavy atom. The molecule has 1 heterocycles. The highest BCUT2D eigenvalue weighted by molar-refractivity contribution is 9.10. The number of halogens is 4. The van der Waals surface area contributed by atoms with Gasteiger partial charge in [0.1, 0.15) is 5.69 Å². The Morgan fingerprint density at radius 1 is 1.33 bits per heavy atom. The molecule has 0 spiro atoms. The zero-order chi connectivity index (χ0) is 17.9. The standard InChI is InChI=1S/C14H14BrF3N2O4/c1-22-10-6-20(19-13(21)12(10)23-2)9-5-3-4-8(15)11(9)24-7-14(16,17)18/h3-6,12H,7H2,1-2H3,(H,19,21). The smallest absolute Gasteiger partial charge is 0.422 e. The molecule has 0 saturated carbocycles. The fourth-order valence-corrected chi connectivity index (χ4v) is 2.50. The fourth-order valence-electron chi connectivity index (χ4n) is 2.03. The van der Waals surface area contributed by atoms with Crippen molar-refractivity contribution in [2.75, 3.05) is 25.8 Å². The van der Waals surface area contributed by atoms with Crippen molar-refractivity contribution in [1.29, 1.82) is 0 Å². The highest BCUT2D eigenvalue weighted by atomic mass is 79.9. The predicted molar refractivity (Wildman–Crippen MR) is 82.2 cm³/mol. The van der Waals surface area contributed by atoms with E-state index in [0.717, 1.165) is 0 Å². The Kier molecular flexibility index (Phi) is 5.60. The number of para-hydroxylation sites is 1. The molecule has 1 aromatic carbocycles. The van der Waals surface area contributed by atoms with Crippen molar-refractivity contribution in [3.63, 3.8) is 0 Å². The maximum Gasteiger partial charge on any atom is 0.422 e. The normalized spacial score (nSPS) is 18.1. The second-order valence-electron chi connectivity index (χ2n) is 4.69. The summed E-state index contributed by atoms with van der Waals surface area (Å²) in [5, 5.41) is 1.22. The van der Waals surface area contributed by atoms with E-state index in [1.165, 1.54) is 37.6 Å². The summed E-state index contributed by atoms with van der Waals surface area (Å²) < 4.78 is 52.7.